The van der Waals surface area contributed by atoms with E-state index in [1.807, 2.05) is 6.07 Å². The van der Waals surface area contributed by atoms with Gasteiger partial charge in [0.1, 0.15) is 0 Å². The zero-order valence-corrected chi connectivity index (χ0v) is 15.3. The van der Waals surface area contributed by atoms with E-state index in [1.54, 1.807) is 0 Å². The first kappa shape index (κ1) is 15.9. The summed E-state index contributed by atoms with van der Waals surface area (Å²) in [5.41, 5.74) is 4.74. The van der Waals surface area contributed by atoms with Gasteiger partial charge in [-0.2, -0.15) is 0 Å². The lowest BCUT2D eigenvalue weighted by Crippen LogP contribution is -2.29. The summed E-state index contributed by atoms with van der Waals surface area (Å²) in [6.07, 6.45) is 5.68. The molecule has 24 heavy (non-hydrogen) atoms. The Morgan fingerprint density at radius 1 is 1.04 bits per heavy atom. The van der Waals surface area contributed by atoms with Gasteiger partial charge in [-0.1, -0.05) is 53.6 Å². The van der Waals surface area contributed by atoms with Gasteiger partial charge in [-0.15, -0.1) is 0 Å². The number of hydrogen-bond donors (Lipinski definition) is 1. The molecule has 4 heteroatoms. The summed E-state index contributed by atoms with van der Waals surface area (Å²) in [4.78, 5) is 2.12. The number of allylic oxidation sites excluding steroid dienone is 2. The quantitative estimate of drug-likeness (QED) is 0.673. The summed E-state index contributed by atoms with van der Waals surface area (Å²) < 4.78 is 0. The minimum absolute atomic E-state index is 0.240. The Balaban J connectivity index is 1.76. The molecule has 2 aliphatic rings. The maximum Gasteiger partial charge on any atom is 0.0826 e. The first-order valence-corrected chi connectivity index (χ1v) is 9.00. The number of benzene rings is 2. The first-order valence-electron chi connectivity index (χ1n) is 8.24. The summed E-state index contributed by atoms with van der Waals surface area (Å²) in [6.45, 7) is 0. The van der Waals surface area contributed by atoms with Gasteiger partial charge >= 0.3 is 0 Å². The van der Waals surface area contributed by atoms with Crippen LogP contribution < -0.4 is 10.2 Å². The van der Waals surface area contributed by atoms with E-state index < -0.39 is 0 Å². The average Bonchev–Trinajstić information content (AvgIpc) is 3.07. The van der Waals surface area contributed by atoms with Gasteiger partial charge in [-0.05, 0) is 41.7 Å². The van der Waals surface area contributed by atoms with Crippen LogP contribution in [0.4, 0.5) is 11.4 Å². The summed E-state index contributed by atoms with van der Waals surface area (Å²) in [7, 11) is 4.12. The van der Waals surface area contributed by atoms with E-state index in [9.17, 15) is 0 Å². The molecule has 0 fully saturated rings. The van der Waals surface area contributed by atoms with Gasteiger partial charge in [0.05, 0.1) is 21.8 Å². The van der Waals surface area contributed by atoms with Crippen molar-refractivity contribution < 1.29 is 0 Å². The second kappa shape index (κ2) is 6.02. The minimum Gasteiger partial charge on any atom is -0.378 e. The molecular formula is C20H20Cl2N2. The molecule has 0 saturated carbocycles. The van der Waals surface area contributed by atoms with Crippen LogP contribution in [0.2, 0.25) is 10.0 Å². The Kier molecular flexibility index (Phi) is 3.98. The SMILES string of the molecule is CN(C)c1ccc(C2Nc3c(ccc(Cl)c3Cl)C3C=CCC32)cc1. The van der Waals surface area contributed by atoms with Gasteiger partial charge in [-0.25, -0.2) is 0 Å². The third kappa shape index (κ3) is 2.49. The number of rotatable bonds is 2. The van der Waals surface area contributed by atoms with Crippen LogP contribution in [0.25, 0.3) is 0 Å². The maximum absolute atomic E-state index is 6.50. The third-order valence-corrected chi connectivity index (χ3v) is 6.00. The highest BCUT2D eigenvalue weighted by atomic mass is 35.5. The Labute approximate surface area is 153 Å². The fourth-order valence-electron chi connectivity index (χ4n) is 3.91. The van der Waals surface area contributed by atoms with Crippen LogP contribution in [-0.2, 0) is 0 Å². The normalized spacial score (nSPS) is 24.2. The fraction of sp³-hybridized carbons (Fsp3) is 0.300. The standard InChI is InChI=1S/C20H20Cl2N2/c1-24(2)13-8-6-12(7-9-13)19-15-5-3-4-14(15)16-10-11-17(21)18(22)20(16)23-19/h3-4,6-11,14-15,19,23H,5H2,1-2H3. The Hall–Kier alpha value is -1.64. The molecule has 1 aliphatic heterocycles. The fourth-order valence-corrected chi connectivity index (χ4v) is 4.30. The molecule has 1 aliphatic carbocycles. The van der Waals surface area contributed by atoms with Crippen molar-refractivity contribution in [3.8, 4) is 0 Å². The van der Waals surface area contributed by atoms with Crippen LogP contribution in [0.5, 0.6) is 0 Å². The highest BCUT2D eigenvalue weighted by Gasteiger charge is 2.38. The zero-order chi connectivity index (χ0) is 16.8. The van der Waals surface area contributed by atoms with Gasteiger partial charge in [0.2, 0.25) is 0 Å². The monoisotopic (exact) mass is 358 g/mol. The van der Waals surface area contributed by atoms with Crippen molar-refractivity contribution in [2.75, 3.05) is 24.3 Å². The minimum atomic E-state index is 0.240. The van der Waals surface area contributed by atoms with Crippen molar-refractivity contribution in [3.05, 3.63) is 69.7 Å². The van der Waals surface area contributed by atoms with Crippen molar-refractivity contribution in [2.24, 2.45) is 5.92 Å². The van der Waals surface area contributed by atoms with E-state index >= 15 is 0 Å². The second-order valence-corrected chi connectivity index (χ2v) is 7.57. The Morgan fingerprint density at radius 2 is 1.79 bits per heavy atom. The van der Waals surface area contributed by atoms with Crippen molar-refractivity contribution >= 4 is 34.6 Å². The third-order valence-electron chi connectivity index (χ3n) is 5.20. The summed E-state index contributed by atoms with van der Waals surface area (Å²) in [5, 5.41) is 4.90. The van der Waals surface area contributed by atoms with Crippen LogP contribution in [0.15, 0.2) is 48.6 Å². The van der Waals surface area contributed by atoms with E-state index in [-0.39, 0.29) is 6.04 Å². The number of anilines is 2. The van der Waals surface area contributed by atoms with Crippen LogP contribution >= 0.6 is 23.2 Å². The number of hydrogen-bond acceptors (Lipinski definition) is 2. The zero-order valence-electron chi connectivity index (χ0n) is 13.8. The Morgan fingerprint density at radius 3 is 2.50 bits per heavy atom. The molecule has 0 spiro atoms. The predicted octanol–water partition coefficient (Wildman–Crippen LogP) is 5.89. The van der Waals surface area contributed by atoms with Crippen LogP contribution in [0.3, 0.4) is 0 Å². The Bertz CT molecular complexity index is 796. The summed E-state index contributed by atoms with van der Waals surface area (Å²) in [5.74, 6) is 0.912. The lowest BCUT2D eigenvalue weighted by molar-refractivity contribution is 0.425. The molecule has 3 atom stereocenters. The van der Waals surface area contributed by atoms with E-state index in [2.05, 4.69) is 66.8 Å². The van der Waals surface area contributed by atoms with Crippen molar-refractivity contribution in [3.63, 3.8) is 0 Å². The molecule has 1 N–H and O–H groups in total. The van der Waals surface area contributed by atoms with E-state index in [1.165, 1.54) is 16.8 Å². The van der Waals surface area contributed by atoms with E-state index in [0.29, 0.717) is 21.9 Å². The average molecular weight is 359 g/mol. The molecule has 2 nitrogen and oxygen atoms in total. The maximum atomic E-state index is 6.50. The smallest absolute Gasteiger partial charge is 0.0826 e. The molecule has 0 bridgehead atoms. The van der Waals surface area contributed by atoms with Crippen LogP contribution in [0, 0.1) is 5.92 Å². The molecule has 0 saturated heterocycles. The van der Waals surface area contributed by atoms with Gasteiger partial charge in [-0.3, -0.25) is 0 Å². The molecule has 3 unspecified atom stereocenters. The molecule has 2 aromatic carbocycles. The van der Waals surface area contributed by atoms with E-state index in [4.69, 9.17) is 23.2 Å². The second-order valence-electron chi connectivity index (χ2n) is 6.79. The molecule has 0 amide bonds. The predicted molar refractivity (Wildman–Crippen MR) is 104 cm³/mol. The van der Waals surface area contributed by atoms with Crippen molar-refractivity contribution in [1.82, 2.24) is 0 Å². The highest BCUT2D eigenvalue weighted by Crippen LogP contribution is 2.52. The summed E-state index contributed by atoms with van der Waals surface area (Å²) in [6, 6.07) is 13.0. The molecule has 2 aromatic rings. The van der Waals surface area contributed by atoms with Crippen molar-refractivity contribution in [2.45, 2.75) is 18.4 Å². The van der Waals surface area contributed by atoms with Crippen molar-refractivity contribution in [1.29, 1.82) is 0 Å². The lowest BCUT2D eigenvalue weighted by Gasteiger charge is -2.38. The molecule has 1 heterocycles. The molecular weight excluding hydrogens is 339 g/mol. The number of halogens is 2. The number of nitrogens with one attached hydrogen (secondary N) is 1. The molecule has 124 valence electrons. The first-order chi connectivity index (χ1) is 11.6. The van der Waals surface area contributed by atoms with Gasteiger partial charge in [0, 0.05) is 25.7 Å². The molecule has 4 rings (SSSR count). The number of nitrogens with zero attached hydrogens (tertiary/aromatic N) is 1. The van der Waals surface area contributed by atoms with Gasteiger partial charge in [0.15, 0.2) is 0 Å². The lowest BCUT2D eigenvalue weighted by atomic mass is 9.77. The topological polar surface area (TPSA) is 15.3 Å². The van der Waals surface area contributed by atoms with Crippen LogP contribution in [0.1, 0.15) is 29.5 Å². The molecule has 0 radical (unpaired) electrons. The van der Waals surface area contributed by atoms with Gasteiger partial charge < -0.3 is 10.2 Å². The molecule has 0 aromatic heterocycles. The van der Waals surface area contributed by atoms with Gasteiger partial charge in [0.25, 0.3) is 0 Å². The highest BCUT2D eigenvalue weighted by molar-refractivity contribution is 6.43. The summed E-state index contributed by atoms with van der Waals surface area (Å²) >= 11 is 12.7. The largest absolute Gasteiger partial charge is 0.378 e. The van der Waals surface area contributed by atoms with Crippen LogP contribution in [-0.4, -0.2) is 14.1 Å². The van der Waals surface area contributed by atoms with E-state index in [0.717, 1.165) is 12.1 Å². The number of fused-ring (bicyclic) bond motifs is 3.